The van der Waals surface area contributed by atoms with Crippen LogP contribution in [0.5, 0.6) is 0 Å². The van der Waals surface area contributed by atoms with Gasteiger partial charge in [0.05, 0.1) is 5.75 Å². The van der Waals surface area contributed by atoms with Crippen LogP contribution in [0, 0.1) is 20.8 Å². The van der Waals surface area contributed by atoms with Crippen LogP contribution in [-0.4, -0.2) is 29.7 Å². The summed E-state index contributed by atoms with van der Waals surface area (Å²) in [4.78, 5) is 13.3. The highest BCUT2D eigenvalue weighted by atomic mass is 32.2. The molecule has 0 unspecified atom stereocenters. The highest BCUT2D eigenvalue weighted by Crippen LogP contribution is 2.23. The average Bonchev–Trinajstić information content (AvgIpc) is 3.20. The Bertz CT molecular complexity index is 1050. The number of benzene rings is 1. The van der Waals surface area contributed by atoms with E-state index in [-0.39, 0.29) is 0 Å². The molecule has 0 bridgehead atoms. The highest BCUT2D eigenvalue weighted by Gasteiger charge is 2.13. The Morgan fingerprint density at radius 3 is 2.76 bits per heavy atom. The standard InChI is InChI=1S/C17H16N6OS/c1-10-6-4-5-7-13(10)15-19-14(24-22-15)9-25-17-20-16-18-11(2)8-12(3)23(16)21-17/h4-8H,9H2,1-3H3. The topological polar surface area (TPSA) is 82.0 Å². The molecular weight excluding hydrogens is 336 g/mol. The summed E-state index contributed by atoms with van der Waals surface area (Å²) in [6.45, 7) is 5.95. The van der Waals surface area contributed by atoms with Crippen molar-refractivity contribution in [2.45, 2.75) is 31.7 Å². The summed E-state index contributed by atoms with van der Waals surface area (Å²) in [6.07, 6.45) is 0. The van der Waals surface area contributed by atoms with Gasteiger partial charge in [-0.15, -0.1) is 5.10 Å². The summed E-state index contributed by atoms with van der Waals surface area (Å²) < 4.78 is 7.09. The SMILES string of the molecule is Cc1cc(C)n2nc(SCc3nc(-c4ccccc4C)no3)nc2n1. The van der Waals surface area contributed by atoms with E-state index in [1.165, 1.54) is 11.8 Å². The van der Waals surface area contributed by atoms with E-state index in [1.807, 2.05) is 51.1 Å². The summed E-state index contributed by atoms with van der Waals surface area (Å²) in [5.41, 5.74) is 4.01. The van der Waals surface area contributed by atoms with Gasteiger partial charge in [-0.1, -0.05) is 41.2 Å². The molecule has 0 saturated carbocycles. The molecule has 126 valence electrons. The average molecular weight is 352 g/mol. The molecule has 4 aromatic rings. The summed E-state index contributed by atoms with van der Waals surface area (Å²) in [5.74, 6) is 2.26. The summed E-state index contributed by atoms with van der Waals surface area (Å²) in [7, 11) is 0. The number of hydrogen-bond donors (Lipinski definition) is 0. The van der Waals surface area contributed by atoms with E-state index in [2.05, 4.69) is 25.2 Å². The first-order valence-electron chi connectivity index (χ1n) is 7.82. The van der Waals surface area contributed by atoms with Crippen molar-refractivity contribution in [1.82, 2.24) is 29.7 Å². The maximum absolute atomic E-state index is 5.35. The van der Waals surface area contributed by atoms with Crippen LogP contribution in [0.4, 0.5) is 0 Å². The van der Waals surface area contributed by atoms with E-state index in [0.29, 0.717) is 28.4 Å². The van der Waals surface area contributed by atoms with Gasteiger partial charge in [-0.25, -0.2) is 9.50 Å². The predicted molar refractivity (Wildman–Crippen MR) is 94.3 cm³/mol. The lowest BCUT2D eigenvalue weighted by molar-refractivity contribution is 0.391. The molecule has 0 atom stereocenters. The lowest BCUT2D eigenvalue weighted by Gasteiger charge is -1.97. The van der Waals surface area contributed by atoms with Gasteiger partial charge in [-0.05, 0) is 32.4 Å². The highest BCUT2D eigenvalue weighted by molar-refractivity contribution is 7.98. The van der Waals surface area contributed by atoms with Crippen molar-refractivity contribution < 1.29 is 4.52 Å². The fourth-order valence-corrected chi connectivity index (χ4v) is 3.24. The molecule has 0 spiro atoms. The summed E-state index contributed by atoms with van der Waals surface area (Å²) >= 11 is 1.45. The minimum absolute atomic E-state index is 0.508. The van der Waals surface area contributed by atoms with Crippen LogP contribution in [0.2, 0.25) is 0 Å². The number of thioether (sulfide) groups is 1. The van der Waals surface area contributed by atoms with E-state index in [4.69, 9.17) is 4.52 Å². The number of rotatable bonds is 4. The van der Waals surface area contributed by atoms with Crippen molar-refractivity contribution >= 4 is 17.5 Å². The third kappa shape index (κ3) is 3.12. The number of aromatic nitrogens is 6. The molecule has 0 aliphatic heterocycles. The van der Waals surface area contributed by atoms with Crippen LogP contribution in [0.1, 0.15) is 22.8 Å². The Morgan fingerprint density at radius 1 is 1.08 bits per heavy atom. The number of aryl methyl sites for hydroxylation is 3. The summed E-state index contributed by atoms with van der Waals surface area (Å²) in [6, 6.07) is 9.94. The zero-order chi connectivity index (χ0) is 17.4. The molecule has 25 heavy (non-hydrogen) atoms. The van der Waals surface area contributed by atoms with E-state index in [1.54, 1.807) is 4.52 Å². The van der Waals surface area contributed by atoms with Crippen LogP contribution in [-0.2, 0) is 5.75 Å². The second-order valence-corrected chi connectivity index (χ2v) is 6.70. The Balaban J connectivity index is 1.52. The van der Waals surface area contributed by atoms with Gasteiger partial charge in [0, 0.05) is 17.0 Å². The molecule has 4 rings (SSSR count). The van der Waals surface area contributed by atoms with Crippen LogP contribution < -0.4 is 0 Å². The molecule has 7 nitrogen and oxygen atoms in total. The van der Waals surface area contributed by atoms with E-state index >= 15 is 0 Å². The molecule has 0 aliphatic carbocycles. The Morgan fingerprint density at radius 2 is 1.92 bits per heavy atom. The van der Waals surface area contributed by atoms with Crippen molar-refractivity contribution in [3.8, 4) is 11.4 Å². The molecule has 0 saturated heterocycles. The molecule has 8 heteroatoms. The smallest absolute Gasteiger partial charge is 0.253 e. The first-order chi connectivity index (χ1) is 12.1. The van der Waals surface area contributed by atoms with Gasteiger partial charge in [-0.3, -0.25) is 0 Å². The molecule has 0 aliphatic rings. The first kappa shape index (κ1) is 15.8. The molecule has 0 radical (unpaired) electrons. The van der Waals surface area contributed by atoms with Crippen molar-refractivity contribution in [3.63, 3.8) is 0 Å². The molecule has 0 N–H and O–H groups in total. The van der Waals surface area contributed by atoms with Crippen LogP contribution in [0.3, 0.4) is 0 Å². The number of fused-ring (bicyclic) bond motifs is 1. The van der Waals surface area contributed by atoms with E-state index in [9.17, 15) is 0 Å². The van der Waals surface area contributed by atoms with E-state index < -0.39 is 0 Å². The van der Waals surface area contributed by atoms with Gasteiger partial charge in [0.2, 0.25) is 16.9 Å². The first-order valence-corrected chi connectivity index (χ1v) is 8.81. The van der Waals surface area contributed by atoms with E-state index in [0.717, 1.165) is 22.5 Å². The zero-order valence-corrected chi connectivity index (χ0v) is 14.9. The Labute approximate surface area is 148 Å². The van der Waals surface area contributed by atoms with Crippen molar-refractivity contribution in [2.75, 3.05) is 0 Å². The lowest BCUT2D eigenvalue weighted by Crippen LogP contribution is -1.97. The second kappa shape index (κ2) is 6.29. The maximum atomic E-state index is 5.35. The van der Waals surface area contributed by atoms with Crippen LogP contribution >= 0.6 is 11.8 Å². The van der Waals surface area contributed by atoms with Gasteiger partial charge in [0.15, 0.2) is 0 Å². The maximum Gasteiger partial charge on any atom is 0.253 e. The van der Waals surface area contributed by atoms with Crippen molar-refractivity contribution in [2.24, 2.45) is 0 Å². The molecule has 3 aromatic heterocycles. The van der Waals surface area contributed by atoms with Gasteiger partial charge < -0.3 is 4.52 Å². The van der Waals surface area contributed by atoms with Crippen LogP contribution in [0.15, 0.2) is 40.0 Å². The van der Waals surface area contributed by atoms with Crippen molar-refractivity contribution in [3.05, 3.63) is 53.2 Å². The van der Waals surface area contributed by atoms with Gasteiger partial charge in [0.1, 0.15) is 0 Å². The third-order valence-electron chi connectivity index (χ3n) is 3.78. The van der Waals surface area contributed by atoms with Crippen molar-refractivity contribution in [1.29, 1.82) is 0 Å². The Kier molecular flexibility index (Phi) is 3.96. The fourth-order valence-electron chi connectivity index (χ4n) is 2.58. The molecule has 1 aromatic carbocycles. The zero-order valence-electron chi connectivity index (χ0n) is 14.1. The Hall–Kier alpha value is -2.74. The number of nitrogens with zero attached hydrogens (tertiary/aromatic N) is 6. The largest absolute Gasteiger partial charge is 0.338 e. The normalized spacial score (nSPS) is 11.3. The number of hydrogen-bond acceptors (Lipinski definition) is 7. The predicted octanol–water partition coefficient (Wildman–Crippen LogP) is 3.39. The molecule has 0 fully saturated rings. The molecule has 3 heterocycles. The monoisotopic (exact) mass is 352 g/mol. The quantitative estimate of drug-likeness (QED) is 0.521. The fraction of sp³-hybridized carbons (Fsp3) is 0.235. The second-order valence-electron chi connectivity index (χ2n) is 5.76. The van der Waals surface area contributed by atoms with Gasteiger partial charge >= 0.3 is 0 Å². The van der Waals surface area contributed by atoms with Crippen LogP contribution in [0.25, 0.3) is 17.2 Å². The summed E-state index contributed by atoms with van der Waals surface area (Å²) in [5, 5.41) is 9.17. The molecular formula is C17H16N6OS. The molecule has 0 amide bonds. The minimum atomic E-state index is 0.508. The van der Waals surface area contributed by atoms with Gasteiger partial charge in [0.25, 0.3) is 5.78 Å². The third-order valence-corrected chi connectivity index (χ3v) is 4.60. The minimum Gasteiger partial charge on any atom is -0.338 e. The lowest BCUT2D eigenvalue weighted by atomic mass is 10.1. The van der Waals surface area contributed by atoms with Gasteiger partial charge in [-0.2, -0.15) is 9.97 Å².